The summed E-state index contributed by atoms with van der Waals surface area (Å²) >= 11 is 0. The maximum atomic E-state index is 5.30. The maximum Gasteiger partial charge on any atom is 0.191 e. The standard InChI is InChI=1S/C16H30N4O.HI/c1-5-7-8-9-10-18-16(17-6-2)19-12-14-11-15(13(3)4)20-21-14;/h11,13H,5-10,12H2,1-4H3,(H2,17,18,19);1H. The number of aromatic nitrogens is 1. The van der Waals surface area contributed by atoms with Gasteiger partial charge < -0.3 is 15.2 Å². The number of nitrogens with one attached hydrogen (secondary N) is 2. The van der Waals surface area contributed by atoms with E-state index < -0.39 is 0 Å². The van der Waals surface area contributed by atoms with Crippen molar-refractivity contribution >= 4 is 29.9 Å². The Labute approximate surface area is 151 Å². The Kier molecular flexibility index (Phi) is 12.3. The van der Waals surface area contributed by atoms with Gasteiger partial charge in [0.2, 0.25) is 0 Å². The number of hydrogen-bond acceptors (Lipinski definition) is 3. The van der Waals surface area contributed by atoms with Crippen LogP contribution in [0.3, 0.4) is 0 Å². The molecule has 0 saturated carbocycles. The second kappa shape index (κ2) is 12.7. The fourth-order valence-electron chi connectivity index (χ4n) is 1.93. The quantitative estimate of drug-likeness (QED) is 0.273. The van der Waals surface area contributed by atoms with E-state index in [0.29, 0.717) is 12.5 Å². The average Bonchev–Trinajstić information content (AvgIpc) is 2.93. The SMILES string of the molecule is CCCCCCNC(=NCc1cc(C(C)C)no1)NCC.I. The Balaban J connectivity index is 0.00000441. The highest BCUT2D eigenvalue weighted by Crippen LogP contribution is 2.14. The van der Waals surface area contributed by atoms with Gasteiger partial charge in [-0.05, 0) is 19.3 Å². The molecule has 0 unspecified atom stereocenters. The van der Waals surface area contributed by atoms with Crippen molar-refractivity contribution in [2.75, 3.05) is 13.1 Å². The molecule has 128 valence electrons. The average molecular weight is 422 g/mol. The third kappa shape index (κ3) is 8.60. The molecule has 1 aromatic rings. The predicted octanol–water partition coefficient (Wildman–Crippen LogP) is 4.05. The number of halogens is 1. The number of nitrogens with zero attached hydrogens (tertiary/aromatic N) is 2. The van der Waals surface area contributed by atoms with Gasteiger partial charge in [-0.25, -0.2) is 4.99 Å². The van der Waals surface area contributed by atoms with E-state index in [-0.39, 0.29) is 24.0 Å². The van der Waals surface area contributed by atoms with Crippen molar-refractivity contribution in [1.29, 1.82) is 0 Å². The monoisotopic (exact) mass is 422 g/mol. The molecule has 0 aliphatic rings. The molecule has 6 heteroatoms. The molecule has 22 heavy (non-hydrogen) atoms. The van der Waals surface area contributed by atoms with Gasteiger partial charge in [0, 0.05) is 19.2 Å². The van der Waals surface area contributed by atoms with E-state index in [1.54, 1.807) is 0 Å². The van der Waals surface area contributed by atoms with Gasteiger partial charge in [-0.1, -0.05) is 45.2 Å². The van der Waals surface area contributed by atoms with Crippen LogP contribution < -0.4 is 10.6 Å². The van der Waals surface area contributed by atoms with Crippen LogP contribution in [-0.4, -0.2) is 24.2 Å². The molecule has 0 radical (unpaired) electrons. The molecule has 0 aromatic carbocycles. The number of hydrogen-bond donors (Lipinski definition) is 2. The third-order valence-corrected chi connectivity index (χ3v) is 3.23. The number of unbranched alkanes of at least 4 members (excludes halogenated alkanes) is 3. The van der Waals surface area contributed by atoms with Crippen LogP contribution in [0.15, 0.2) is 15.6 Å². The number of aliphatic imine (C=N–C) groups is 1. The van der Waals surface area contributed by atoms with E-state index in [0.717, 1.165) is 30.5 Å². The van der Waals surface area contributed by atoms with Crippen molar-refractivity contribution in [3.63, 3.8) is 0 Å². The van der Waals surface area contributed by atoms with Crippen LogP contribution in [0.1, 0.15) is 70.8 Å². The lowest BCUT2D eigenvalue weighted by atomic mass is 10.1. The third-order valence-electron chi connectivity index (χ3n) is 3.23. The van der Waals surface area contributed by atoms with Crippen molar-refractivity contribution in [2.24, 2.45) is 4.99 Å². The highest BCUT2D eigenvalue weighted by atomic mass is 127. The van der Waals surface area contributed by atoms with Gasteiger partial charge in [0.15, 0.2) is 11.7 Å². The zero-order valence-electron chi connectivity index (χ0n) is 14.3. The molecule has 0 atom stereocenters. The van der Waals surface area contributed by atoms with Crippen LogP contribution >= 0.6 is 24.0 Å². The summed E-state index contributed by atoms with van der Waals surface area (Å²) in [5.41, 5.74) is 0.984. The van der Waals surface area contributed by atoms with Gasteiger partial charge in [-0.2, -0.15) is 0 Å². The van der Waals surface area contributed by atoms with Crippen molar-refractivity contribution in [3.05, 3.63) is 17.5 Å². The van der Waals surface area contributed by atoms with Crippen LogP contribution in [0, 0.1) is 0 Å². The van der Waals surface area contributed by atoms with Crippen molar-refractivity contribution < 1.29 is 4.52 Å². The van der Waals surface area contributed by atoms with E-state index in [1.165, 1.54) is 25.7 Å². The van der Waals surface area contributed by atoms with Crippen LogP contribution in [-0.2, 0) is 6.54 Å². The van der Waals surface area contributed by atoms with Gasteiger partial charge in [0.05, 0.1) is 5.69 Å². The van der Waals surface area contributed by atoms with Gasteiger partial charge in [0.25, 0.3) is 0 Å². The van der Waals surface area contributed by atoms with Gasteiger partial charge in [-0.3, -0.25) is 0 Å². The van der Waals surface area contributed by atoms with Crippen LogP contribution in [0.2, 0.25) is 0 Å². The Morgan fingerprint density at radius 3 is 2.59 bits per heavy atom. The number of rotatable bonds is 9. The van der Waals surface area contributed by atoms with E-state index in [9.17, 15) is 0 Å². The Morgan fingerprint density at radius 2 is 2.00 bits per heavy atom. The second-order valence-corrected chi connectivity index (χ2v) is 5.56. The summed E-state index contributed by atoms with van der Waals surface area (Å²) in [5.74, 6) is 2.04. The van der Waals surface area contributed by atoms with Crippen molar-refractivity contribution in [3.8, 4) is 0 Å². The molecule has 5 nitrogen and oxygen atoms in total. The minimum absolute atomic E-state index is 0. The lowest BCUT2D eigenvalue weighted by Gasteiger charge is -2.10. The van der Waals surface area contributed by atoms with Crippen molar-refractivity contribution in [2.45, 2.75) is 65.8 Å². The van der Waals surface area contributed by atoms with E-state index in [4.69, 9.17) is 4.52 Å². The zero-order valence-corrected chi connectivity index (χ0v) is 16.6. The van der Waals surface area contributed by atoms with Crippen LogP contribution in [0.5, 0.6) is 0 Å². The smallest absolute Gasteiger partial charge is 0.191 e. The molecular weight excluding hydrogens is 391 g/mol. The molecule has 2 N–H and O–H groups in total. The minimum Gasteiger partial charge on any atom is -0.359 e. The highest BCUT2D eigenvalue weighted by Gasteiger charge is 2.07. The van der Waals surface area contributed by atoms with E-state index in [2.05, 4.69) is 48.5 Å². The first-order chi connectivity index (χ1) is 10.2. The lowest BCUT2D eigenvalue weighted by molar-refractivity contribution is 0.376. The fourth-order valence-corrected chi connectivity index (χ4v) is 1.93. The summed E-state index contributed by atoms with van der Waals surface area (Å²) in [4.78, 5) is 4.53. The van der Waals surface area contributed by atoms with E-state index in [1.807, 2.05) is 6.07 Å². The first kappa shape index (κ1) is 21.2. The Hall–Kier alpha value is -0.790. The Bertz CT molecular complexity index is 418. The van der Waals surface area contributed by atoms with Crippen LogP contribution in [0.4, 0.5) is 0 Å². The number of guanidine groups is 1. The summed E-state index contributed by atoms with van der Waals surface area (Å²) in [6.07, 6.45) is 5.00. The predicted molar refractivity (Wildman–Crippen MR) is 103 cm³/mol. The van der Waals surface area contributed by atoms with Crippen molar-refractivity contribution in [1.82, 2.24) is 15.8 Å². The minimum atomic E-state index is 0. The molecule has 0 aliphatic heterocycles. The first-order valence-corrected chi connectivity index (χ1v) is 8.15. The molecular formula is C16H31IN4O. The van der Waals surface area contributed by atoms with Crippen LogP contribution in [0.25, 0.3) is 0 Å². The fraction of sp³-hybridized carbons (Fsp3) is 0.750. The molecule has 0 amide bonds. The second-order valence-electron chi connectivity index (χ2n) is 5.56. The molecule has 0 fully saturated rings. The summed E-state index contributed by atoms with van der Waals surface area (Å²) in [6.45, 7) is 10.8. The summed E-state index contributed by atoms with van der Waals surface area (Å²) in [6, 6.07) is 1.99. The molecule has 1 aromatic heterocycles. The molecule has 0 aliphatic carbocycles. The molecule has 0 bridgehead atoms. The largest absolute Gasteiger partial charge is 0.359 e. The Morgan fingerprint density at radius 1 is 1.23 bits per heavy atom. The molecule has 0 saturated heterocycles. The summed E-state index contributed by atoms with van der Waals surface area (Å²) in [7, 11) is 0. The molecule has 1 heterocycles. The van der Waals surface area contributed by atoms with E-state index >= 15 is 0 Å². The van der Waals surface area contributed by atoms with Gasteiger partial charge in [-0.15, -0.1) is 24.0 Å². The highest BCUT2D eigenvalue weighted by molar-refractivity contribution is 14.0. The molecule has 0 spiro atoms. The topological polar surface area (TPSA) is 62.5 Å². The van der Waals surface area contributed by atoms with Gasteiger partial charge in [0.1, 0.15) is 6.54 Å². The lowest BCUT2D eigenvalue weighted by Crippen LogP contribution is -2.37. The normalized spacial score (nSPS) is 11.4. The first-order valence-electron chi connectivity index (χ1n) is 8.15. The van der Waals surface area contributed by atoms with Gasteiger partial charge >= 0.3 is 0 Å². The maximum absolute atomic E-state index is 5.30. The zero-order chi connectivity index (χ0) is 15.5. The molecule has 1 rings (SSSR count). The summed E-state index contributed by atoms with van der Waals surface area (Å²) in [5, 5.41) is 10.7. The summed E-state index contributed by atoms with van der Waals surface area (Å²) < 4.78 is 5.30.